The number of fused-ring (bicyclic) bond motifs is 1. The van der Waals surface area contributed by atoms with Gasteiger partial charge in [0.2, 0.25) is 0 Å². The summed E-state index contributed by atoms with van der Waals surface area (Å²) in [6.45, 7) is 2.13. The average molecular weight is 283 g/mol. The van der Waals surface area contributed by atoms with Gasteiger partial charge in [-0.05, 0) is 17.9 Å². The molecule has 2 rings (SSSR count). The van der Waals surface area contributed by atoms with Gasteiger partial charge in [-0.1, -0.05) is 36.4 Å². The number of aliphatic hydroxyl groups excluding tert-OH is 1. The molecule has 0 saturated heterocycles. The molecule has 0 radical (unpaired) electrons. The van der Waals surface area contributed by atoms with Crippen molar-refractivity contribution in [2.24, 2.45) is 5.73 Å². The molecule has 0 heterocycles. The van der Waals surface area contributed by atoms with Gasteiger partial charge in [-0.3, -0.25) is 4.55 Å². The molecule has 5 nitrogen and oxygen atoms in total. The third kappa shape index (κ3) is 4.00. The second kappa shape index (κ2) is 6.63. The first-order valence-electron chi connectivity index (χ1n) is 5.68. The summed E-state index contributed by atoms with van der Waals surface area (Å²) in [5, 5.41) is 9.11. The van der Waals surface area contributed by atoms with Gasteiger partial charge >= 0.3 is 0 Å². The van der Waals surface area contributed by atoms with Crippen molar-refractivity contribution in [3.8, 4) is 0 Å². The van der Waals surface area contributed by atoms with Gasteiger partial charge < -0.3 is 10.8 Å². The van der Waals surface area contributed by atoms with E-state index in [1.54, 1.807) is 25.1 Å². The summed E-state index contributed by atoms with van der Waals surface area (Å²) >= 11 is 0. The third-order valence-electron chi connectivity index (χ3n) is 2.46. The van der Waals surface area contributed by atoms with Crippen molar-refractivity contribution in [1.29, 1.82) is 0 Å². The monoisotopic (exact) mass is 283 g/mol. The Kier molecular flexibility index (Phi) is 5.44. The molecular formula is C13H17NO4S. The number of aliphatic hydroxyl groups is 1. The molecule has 0 unspecified atom stereocenters. The van der Waals surface area contributed by atoms with Crippen LogP contribution < -0.4 is 5.73 Å². The molecule has 0 saturated carbocycles. The van der Waals surface area contributed by atoms with Gasteiger partial charge in [0.1, 0.15) is 4.90 Å². The van der Waals surface area contributed by atoms with E-state index in [1.165, 1.54) is 0 Å². The van der Waals surface area contributed by atoms with E-state index in [0.29, 0.717) is 17.5 Å². The largest absolute Gasteiger partial charge is 0.395 e. The van der Waals surface area contributed by atoms with Crippen LogP contribution in [0.25, 0.3) is 10.8 Å². The van der Waals surface area contributed by atoms with Crippen molar-refractivity contribution in [2.45, 2.75) is 11.8 Å². The second-order valence-electron chi connectivity index (χ2n) is 3.92. The van der Waals surface area contributed by atoms with E-state index in [0.717, 1.165) is 5.39 Å². The van der Waals surface area contributed by atoms with Crippen LogP contribution in [0.3, 0.4) is 0 Å². The van der Waals surface area contributed by atoms with Gasteiger partial charge in [-0.2, -0.15) is 8.42 Å². The number of aryl methyl sites for hydroxylation is 1. The first-order chi connectivity index (χ1) is 8.91. The Hall–Kier alpha value is -1.47. The molecular weight excluding hydrogens is 266 g/mol. The van der Waals surface area contributed by atoms with Crippen molar-refractivity contribution < 1.29 is 18.1 Å². The summed E-state index contributed by atoms with van der Waals surface area (Å²) in [4.78, 5) is 0.000556. The molecule has 0 aliphatic heterocycles. The van der Waals surface area contributed by atoms with Crippen LogP contribution >= 0.6 is 0 Å². The predicted molar refractivity (Wildman–Crippen MR) is 74.6 cm³/mol. The van der Waals surface area contributed by atoms with E-state index >= 15 is 0 Å². The maximum absolute atomic E-state index is 11.2. The van der Waals surface area contributed by atoms with Crippen LogP contribution in [0.5, 0.6) is 0 Å². The van der Waals surface area contributed by atoms with Gasteiger partial charge in [0.25, 0.3) is 10.1 Å². The van der Waals surface area contributed by atoms with Crippen molar-refractivity contribution in [3.63, 3.8) is 0 Å². The van der Waals surface area contributed by atoms with E-state index in [1.807, 2.05) is 18.2 Å². The number of nitrogens with two attached hydrogens (primary N) is 1. The molecule has 104 valence electrons. The van der Waals surface area contributed by atoms with E-state index in [-0.39, 0.29) is 11.5 Å². The number of benzene rings is 2. The van der Waals surface area contributed by atoms with Gasteiger partial charge in [0, 0.05) is 11.9 Å². The fraction of sp³-hybridized carbons (Fsp3) is 0.231. The lowest BCUT2D eigenvalue weighted by atomic mass is 10.1. The quantitative estimate of drug-likeness (QED) is 0.722. The lowest BCUT2D eigenvalue weighted by molar-refractivity contribution is 0.306. The maximum Gasteiger partial charge on any atom is 0.295 e. The SMILES string of the molecule is Cc1ccc2ccccc2c1S(=O)(=O)O.NCCO. The van der Waals surface area contributed by atoms with Crippen LogP contribution in [-0.4, -0.2) is 31.2 Å². The number of hydrogen-bond acceptors (Lipinski definition) is 4. The summed E-state index contributed by atoms with van der Waals surface area (Å²) < 4.78 is 31.6. The highest BCUT2D eigenvalue weighted by Gasteiger charge is 2.16. The Bertz CT molecular complexity index is 651. The van der Waals surface area contributed by atoms with Crippen molar-refractivity contribution in [2.75, 3.05) is 13.2 Å². The number of hydrogen-bond donors (Lipinski definition) is 3. The summed E-state index contributed by atoms with van der Waals surface area (Å²) in [5.74, 6) is 0. The van der Waals surface area contributed by atoms with Crippen LogP contribution in [0.2, 0.25) is 0 Å². The van der Waals surface area contributed by atoms with Crippen LogP contribution in [0.4, 0.5) is 0 Å². The molecule has 0 fully saturated rings. The smallest absolute Gasteiger partial charge is 0.295 e. The molecule has 0 atom stereocenters. The second-order valence-corrected chi connectivity index (χ2v) is 5.28. The van der Waals surface area contributed by atoms with Gasteiger partial charge in [-0.25, -0.2) is 0 Å². The highest BCUT2D eigenvalue weighted by Crippen LogP contribution is 2.25. The first kappa shape index (κ1) is 15.6. The van der Waals surface area contributed by atoms with Gasteiger partial charge in [-0.15, -0.1) is 0 Å². The van der Waals surface area contributed by atoms with Crippen LogP contribution in [0, 0.1) is 6.92 Å². The molecule has 0 aliphatic rings. The van der Waals surface area contributed by atoms with E-state index < -0.39 is 10.1 Å². The normalized spacial score (nSPS) is 10.9. The van der Waals surface area contributed by atoms with Crippen molar-refractivity contribution >= 4 is 20.9 Å². The van der Waals surface area contributed by atoms with Crippen LogP contribution in [0.1, 0.15) is 5.56 Å². The zero-order valence-corrected chi connectivity index (χ0v) is 11.4. The standard InChI is InChI=1S/C11H10O3S.C2H7NO/c1-8-6-7-9-4-2-3-5-10(9)11(8)15(12,13)14;3-1-2-4/h2-7H,1H3,(H,12,13,14);4H,1-3H2. The highest BCUT2D eigenvalue weighted by atomic mass is 32.2. The lowest BCUT2D eigenvalue weighted by Crippen LogP contribution is -2.02. The van der Waals surface area contributed by atoms with Crippen molar-refractivity contribution in [1.82, 2.24) is 0 Å². The van der Waals surface area contributed by atoms with Gasteiger partial charge in [0.05, 0.1) is 6.61 Å². The molecule has 0 aromatic heterocycles. The summed E-state index contributed by atoms with van der Waals surface area (Å²) in [7, 11) is -4.16. The molecule has 0 spiro atoms. The highest BCUT2D eigenvalue weighted by molar-refractivity contribution is 7.86. The zero-order valence-electron chi connectivity index (χ0n) is 10.6. The topological polar surface area (TPSA) is 101 Å². The number of rotatable bonds is 2. The molecule has 2 aromatic carbocycles. The third-order valence-corrected chi connectivity index (χ3v) is 3.52. The minimum Gasteiger partial charge on any atom is -0.395 e. The minimum absolute atomic E-state index is 0.000556. The molecule has 0 amide bonds. The van der Waals surface area contributed by atoms with Crippen molar-refractivity contribution in [3.05, 3.63) is 42.0 Å². The van der Waals surface area contributed by atoms with Crippen LogP contribution in [-0.2, 0) is 10.1 Å². The Morgan fingerprint density at radius 1 is 1.16 bits per heavy atom. The predicted octanol–water partition coefficient (Wildman–Crippen LogP) is 1.33. The molecule has 4 N–H and O–H groups in total. The van der Waals surface area contributed by atoms with Crippen LogP contribution in [0.15, 0.2) is 41.3 Å². The Labute approximate surface area is 112 Å². The lowest BCUT2D eigenvalue weighted by Gasteiger charge is -2.06. The fourth-order valence-corrected chi connectivity index (χ4v) is 2.63. The Morgan fingerprint density at radius 3 is 2.26 bits per heavy atom. The summed E-state index contributed by atoms with van der Waals surface area (Å²) in [6, 6.07) is 10.6. The Balaban J connectivity index is 0.000000399. The minimum atomic E-state index is -4.16. The fourth-order valence-electron chi connectivity index (χ4n) is 1.69. The van der Waals surface area contributed by atoms with E-state index in [2.05, 4.69) is 0 Å². The molecule has 2 aromatic rings. The molecule has 0 aliphatic carbocycles. The Morgan fingerprint density at radius 2 is 1.74 bits per heavy atom. The molecule has 19 heavy (non-hydrogen) atoms. The summed E-state index contributed by atoms with van der Waals surface area (Å²) in [6.07, 6.45) is 0. The molecule has 0 bridgehead atoms. The maximum atomic E-state index is 11.2. The van der Waals surface area contributed by atoms with E-state index in [4.69, 9.17) is 15.4 Å². The summed E-state index contributed by atoms with van der Waals surface area (Å²) in [5.41, 5.74) is 5.33. The average Bonchev–Trinajstić information content (AvgIpc) is 2.37. The zero-order chi connectivity index (χ0) is 14.5. The van der Waals surface area contributed by atoms with Gasteiger partial charge in [0.15, 0.2) is 0 Å². The molecule has 6 heteroatoms. The van der Waals surface area contributed by atoms with E-state index in [9.17, 15) is 8.42 Å². The first-order valence-corrected chi connectivity index (χ1v) is 7.12.